The predicted molar refractivity (Wildman–Crippen MR) is 175 cm³/mol. The summed E-state index contributed by atoms with van der Waals surface area (Å²) in [6.45, 7) is 5.18. The summed E-state index contributed by atoms with van der Waals surface area (Å²) >= 11 is 0. The van der Waals surface area contributed by atoms with Gasteiger partial charge >= 0.3 is 0 Å². The fraction of sp³-hybridized carbons (Fsp3) is 0.100. The maximum Gasteiger partial charge on any atom is 0.115 e. The molecule has 0 spiro atoms. The Labute approximate surface area is 248 Å². The third kappa shape index (κ3) is 4.11. The third-order valence-corrected chi connectivity index (χ3v) is 8.73. The van der Waals surface area contributed by atoms with Crippen LogP contribution in [0.25, 0.3) is 22.3 Å². The van der Waals surface area contributed by atoms with Crippen molar-refractivity contribution in [2.45, 2.75) is 19.3 Å². The van der Waals surface area contributed by atoms with Gasteiger partial charge in [0.2, 0.25) is 0 Å². The Balaban J connectivity index is 1.42. The summed E-state index contributed by atoms with van der Waals surface area (Å²) in [4.78, 5) is 2.38. The van der Waals surface area contributed by atoms with Gasteiger partial charge in [0.1, 0.15) is 5.75 Å². The molecule has 1 N–H and O–H groups in total. The maximum atomic E-state index is 10.2. The van der Waals surface area contributed by atoms with E-state index in [1.807, 2.05) is 12.1 Å². The number of nitrogens with zero attached hydrogens (tertiary/aromatic N) is 1. The lowest BCUT2D eigenvalue weighted by Crippen LogP contribution is -2.29. The van der Waals surface area contributed by atoms with Crippen LogP contribution in [0.3, 0.4) is 0 Å². The quantitative estimate of drug-likeness (QED) is 0.226. The molecule has 2 heteroatoms. The predicted octanol–water partition coefficient (Wildman–Crippen LogP) is 9.89. The zero-order valence-corrected chi connectivity index (χ0v) is 24.0. The molecule has 0 radical (unpaired) electrons. The molecule has 1 atom stereocenters. The van der Waals surface area contributed by atoms with Crippen LogP contribution in [0.15, 0.2) is 146 Å². The lowest BCUT2D eigenvalue weighted by atomic mass is 9.67. The summed E-state index contributed by atoms with van der Waals surface area (Å²) in [6.07, 6.45) is 0. The fourth-order valence-electron chi connectivity index (χ4n) is 6.72. The molecule has 0 saturated heterocycles. The highest BCUT2D eigenvalue weighted by Crippen LogP contribution is 2.57. The van der Waals surface area contributed by atoms with Crippen LogP contribution in [-0.4, -0.2) is 11.7 Å². The highest BCUT2D eigenvalue weighted by molar-refractivity contribution is 5.88. The van der Waals surface area contributed by atoms with E-state index in [4.69, 9.17) is 0 Å². The first-order valence-electron chi connectivity index (χ1n) is 14.6. The van der Waals surface area contributed by atoms with E-state index in [1.165, 1.54) is 50.2 Å². The van der Waals surface area contributed by atoms with Gasteiger partial charge < -0.3 is 10.0 Å². The second-order valence-electron chi connectivity index (χ2n) is 11.1. The van der Waals surface area contributed by atoms with Crippen LogP contribution in [0.1, 0.15) is 34.7 Å². The number of rotatable bonds is 6. The average Bonchev–Trinajstić information content (AvgIpc) is 3.33. The SMILES string of the molecule is CCN(c1ccc(-c2ccccc2)cc1)c1ccc2c(c1)C(c1ccc(C)cc1)(c1ccc(O)cc1)c1ccccc1-2. The first-order valence-corrected chi connectivity index (χ1v) is 14.6. The van der Waals surface area contributed by atoms with Gasteiger partial charge in [0.15, 0.2) is 0 Å². The summed E-state index contributed by atoms with van der Waals surface area (Å²) in [5.74, 6) is 0.272. The van der Waals surface area contributed by atoms with Crippen molar-refractivity contribution in [2.75, 3.05) is 11.4 Å². The molecule has 42 heavy (non-hydrogen) atoms. The van der Waals surface area contributed by atoms with E-state index in [0.717, 1.165) is 17.8 Å². The van der Waals surface area contributed by atoms with Crippen molar-refractivity contribution in [1.29, 1.82) is 0 Å². The summed E-state index contributed by atoms with van der Waals surface area (Å²) < 4.78 is 0. The molecular formula is C40H33NO. The molecule has 0 aromatic heterocycles. The third-order valence-electron chi connectivity index (χ3n) is 8.73. The van der Waals surface area contributed by atoms with Crippen molar-refractivity contribution in [1.82, 2.24) is 0 Å². The Hall–Kier alpha value is -5.08. The second-order valence-corrected chi connectivity index (χ2v) is 11.1. The van der Waals surface area contributed by atoms with Crippen molar-refractivity contribution in [3.63, 3.8) is 0 Å². The van der Waals surface area contributed by atoms with E-state index in [-0.39, 0.29) is 5.75 Å². The highest BCUT2D eigenvalue weighted by Gasteiger charge is 2.46. The minimum absolute atomic E-state index is 0.272. The highest BCUT2D eigenvalue weighted by atomic mass is 16.3. The van der Waals surface area contributed by atoms with Gasteiger partial charge in [0.25, 0.3) is 0 Å². The minimum atomic E-state index is -0.514. The Bertz CT molecular complexity index is 1810. The zero-order valence-electron chi connectivity index (χ0n) is 24.0. The average molecular weight is 544 g/mol. The van der Waals surface area contributed by atoms with Gasteiger partial charge in [-0.1, -0.05) is 115 Å². The van der Waals surface area contributed by atoms with Crippen LogP contribution < -0.4 is 4.90 Å². The number of fused-ring (bicyclic) bond motifs is 3. The van der Waals surface area contributed by atoms with E-state index in [1.54, 1.807) is 0 Å². The molecule has 0 saturated carbocycles. The van der Waals surface area contributed by atoms with Gasteiger partial charge in [-0.3, -0.25) is 0 Å². The molecule has 1 aliphatic rings. The van der Waals surface area contributed by atoms with Crippen molar-refractivity contribution < 1.29 is 5.11 Å². The standard InChI is InChI=1S/C40H33NO/c1-3-41(33-21-15-30(16-22-33)29-9-5-4-6-10-29)34-23-26-37-36-11-7-8-12-38(36)40(39(37)27-34,31-17-13-28(2)14-18-31)32-19-24-35(42)25-20-32/h4-27,42H,3H2,1-2H3. The van der Waals surface area contributed by atoms with Crippen LogP contribution in [0.4, 0.5) is 11.4 Å². The molecule has 6 aromatic carbocycles. The molecule has 6 aromatic rings. The van der Waals surface area contributed by atoms with Crippen LogP contribution in [0.2, 0.25) is 0 Å². The number of aromatic hydroxyl groups is 1. The summed E-state index contributed by atoms with van der Waals surface area (Å²) in [5.41, 5.74) is 12.9. The Morgan fingerprint density at radius 2 is 1.12 bits per heavy atom. The van der Waals surface area contributed by atoms with Gasteiger partial charge in [-0.05, 0) is 94.8 Å². The van der Waals surface area contributed by atoms with Gasteiger partial charge in [-0.2, -0.15) is 0 Å². The van der Waals surface area contributed by atoms with E-state index in [9.17, 15) is 5.11 Å². The lowest BCUT2D eigenvalue weighted by Gasteiger charge is -2.35. The van der Waals surface area contributed by atoms with Gasteiger partial charge in [-0.15, -0.1) is 0 Å². The van der Waals surface area contributed by atoms with Crippen LogP contribution in [0, 0.1) is 6.92 Å². The van der Waals surface area contributed by atoms with Crippen molar-refractivity contribution >= 4 is 11.4 Å². The van der Waals surface area contributed by atoms with E-state index < -0.39 is 5.41 Å². The summed E-state index contributed by atoms with van der Waals surface area (Å²) in [6, 6.07) is 51.8. The zero-order chi connectivity index (χ0) is 28.7. The molecule has 0 fully saturated rings. The number of benzene rings is 6. The molecule has 0 heterocycles. The molecular weight excluding hydrogens is 510 g/mol. The van der Waals surface area contributed by atoms with Crippen molar-refractivity contribution in [3.05, 3.63) is 173 Å². The second kappa shape index (κ2) is 10.4. The van der Waals surface area contributed by atoms with E-state index >= 15 is 0 Å². The number of hydrogen-bond donors (Lipinski definition) is 1. The van der Waals surface area contributed by atoms with Crippen LogP contribution in [-0.2, 0) is 5.41 Å². The minimum Gasteiger partial charge on any atom is -0.508 e. The van der Waals surface area contributed by atoms with Crippen LogP contribution in [0.5, 0.6) is 5.75 Å². The number of hydrogen-bond acceptors (Lipinski definition) is 2. The molecule has 0 amide bonds. The topological polar surface area (TPSA) is 23.5 Å². The van der Waals surface area contributed by atoms with Gasteiger partial charge in [-0.25, -0.2) is 0 Å². The molecule has 0 bridgehead atoms. The molecule has 1 aliphatic carbocycles. The molecule has 2 nitrogen and oxygen atoms in total. The lowest BCUT2D eigenvalue weighted by molar-refractivity contribution is 0.475. The maximum absolute atomic E-state index is 10.2. The van der Waals surface area contributed by atoms with Crippen LogP contribution >= 0.6 is 0 Å². The molecule has 1 unspecified atom stereocenters. The Morgan fingerprint density at radius 1 is 0.548 bits per heavy atom. The Morgan fingerprint density at radius 3 is 1.81 bits per heavy atom. The number of phenols is 1. The number of anilines is 2. The number of aryl methyl sites for hydroxylation is 1. The smallest absolute Gasteiger partial charge is 0.115 e. The Kier molecular flexibility index (Phi) is 6.40. The molecule has 7 rings (SSSR count). The first kappa shape index (κ1) is 25.9. The van der Waals surface area contributed by atoms with Crippen molar-refractivity contribution in [2.24, 2.45) is 0 Å². The monoisotopic (exact) mass is 543 g/mol. The summed E-state index contributed by atoms with van der Waals surface area (Å²) in [5, 5.41) is 10.2. The van der Waals surface area contributed by atoms with E-state index in [2.05, 4.69) is 152 Å². The summed E-state index contributed by atoms with van der Waals surface area (Å²) in [7, 11) is 0. The van der Waals surface area contributed by atoms with Gasteiger partial charge in [0.05, 0.1) is 5.41 Å². The molecule has 0 aliphatic heterocycles. The van der Waals surface area contributed by atoms with E-state index in [0.29, 0.717) is 0 Å². The largest absolute Gasteiger partial charge is 0.508 e. The van der Waals surface area contributed by atoms with Gasteiger partial charge in [0, 0.05) is 17.9 Å². The molecule has 204 valence electrons. The van der Waals surface area contributed by atoms with Crippen molar-refractivity contribution in [3.8, 4) is 28.0 Å². The first-order chi connectivity index (χ1) is 20.6. The normalized spacial score (nSPS) is 15.2. The fourth-order valence-corrected chi connectivity index (χ4v) is 6.72. The number of phenolic OH excluding ortho intramolecular Hbond substituents is 1.